The number of anilines is 1. The summed E-state index contributed by atoms with van der Waals surface area (Å²) >= 11 is 6.43. The van der Waals surface area contributed by atoms with Crippen molar-refractivity contribution >= 4 is 40.9 Å². The maximum absolute atomic E-state index is 13.5. The average Bonchev–Trinajstić information content (AvgIpc) is 3.39. The van der Waals surface area contributed by atoms with Crippen molar-refractivity contribution in [2.75, 3.05) is 11.9 Å². The molecule has 1 aliphatic heterocycles. The molecule has 35 heavy (non-hydrogen) atoms. The molecule has 0 saturated heterocycles. The van der Waals surface area contributed by atoms with E-state index in [0.29, 0.717) is 50.8 Å². The van der Waals surface area contributed by atoms with E-state index in [0.717, 1.165) is 12.1 Å². The smallest absolute Gasteiger partial charge is 0.306 e. The number of hydrogen-bond donors (Lipinski definition) is 3. The molecule has 1 aliphatic carbocycles. The molecule has 1 aromatic carbocycles. The number of carbonyl (C=O) groups is 4. The van der Waals surface area contributed by atoms with Gasteiger partial charge in [-0.3, -0.25) is 19.2 Å². The third kappa shape index (κ3) is 5.07. The number of fused-ring (bicyclic) bond motifs is 1. The van der Waals surface area contributed by atoms with Crippen LogP contribution in [-0.2, 0) is 22.6 Å². The third-order valence-corrected chi connectivity index (χ3v) is 7.05. The monoisotopic (exact) mass is 507 g/mol. The predicted molar refractivity (Wildman–Crippen MR) is 122 cm³/mol. The largest absolute Gasteiger partial charge is 0.481 e. The van der Waals surface area contributed by atoms with E-state index in [9.17, 15) is 28.0 Å². The van der Waals surface area contributed by atoms with Crippen molar-refractivity contribution in [2.45, 2.75) is 45.1 Å². The number of ketones is 1. The maximum Gasteiger partial charge on any atom is 0.306 e. The topological polar surface area (TPSA) is 118 Å². The summed E-state index contributed by atoms with van der Waals surface area (Å²) in [6.07, 6.45) is 3.44. The van der Waals surface area contributed by atoms with E-state index in [1.807, 2.05) is 0 Å². The number of carboxylic acid groups (broad SMARTS) is 1. The van der Waals surface area contributed by atoms with Crippen molar-refractivity contribution in [3.8, 4) is 0 Å². The molecule has 2 amide bonds. The van der Waals surface area contributed by atoms with Gasteiger partial charge in [0.05, 0.1) is 16.5 Å². The molecule has 0 spiro atoms. The Labute approximate surface area is 204 Å². The Balaban J connectivity index is 1.47. The number of aliphatic carboxylic acids is 1. The fraction of sp³-hybridized carbons (Fsp3) is 0.417. The highest BCUT2D eigenvalue weighted by atomic mass is 35.5. The number of Topliss-reactive ketones (excluding diaryl/α,β-unsaturated/α-hetero) is 1. The second-order valence-corrected chi connectivity index (χ2v) is 9.30. The molecule has 0 bridgehead atoms. The van der Waals surface area contributed by atoms with Gasteiger partial charge in [0.25, 0.3) is 17.6 Å². The number of nitrogens with one attached hydrogen (secondary N) is 2. The van der Waals surface area contributed by atoms with Crippen LogP contribution in [0.4, 0.5) is 14.5 Å². The average molecular weight is 508 g/mol. The SMILES string of the molecule is O=C(NCC1CCC(C(=O)O)CC1)C(=O)c1c(Cl)c(C(=O)Nc2ccc(F)c(F)c2)c2n1CCC2. The maximum atomic E-state index is 13.5. The Morgan fingerprint density at radius 1 is 1.09 bits per heavy atom. The zero-order valence-electron chi connectivity index (χ0n) is 18.7. The quantitative estimate of drug-likeness (QED) is 0.389. The molecule has 0 radical (unpaired) electrons. The molecular weight excluding hydrogens is 484 g/mol. The normalized spacial score (nSPS) is 19.2. The Hall–Kier alpha value is -3.27. The van der Waals surface area contributed by atoms with E-state index in [1.165, 1.54) is 6.07 Å². The van der Waals surface area contributed by atoms with Gasteiger partial charge in [0.2, 0.25) is 0 Å². The summed E-state index contributed by atoms with van der Waals surface area (Å²) in [5.41, 5.74) is 0.461. The van der Waals surface area contributed by atoms with Crippen LogP contribution in [0.1, 0.15) is 58.6 Å². The molecule has 4 rings (SSSR count). The summed E-state index contributed by atoms with van der Waals surface area (Å²) in [6.45, 7) is 0.645. The third-order valence-electron chi connectivity index (χ3n) is 6.68. The van der Waals surface area contributed by atoms with E-state index in [2.05, 4.69) is 10.6 Å². The summed E-state index contributed by atoms with van der Waals surface area (Å²) in [6, 6.07) is 2.91. The summed E-state index contributed by atoms with van der Waals surface area (Å²) in [5, 5.41) is 14.0. The van der Waals surface area contributed by atoms with Crippen molar-refractivity contribution in [1.82, 2.24) is 9.88 Å². The molecule has 11 heteroatoms. The number of benzene rings is 1. The lowest BCUT2D eigenvalue weighted by atomic mass is 9.82. The number of aromatic nitrogens is 1. The van der Waals surface area contributed by atoms with Gasteiger partial charge in [-0.05, 0) is 56.6 Å². The van der Waals surface area contributed by atoms with Crippen LogP contribution in [0, 0.1) is 23.5 Å². The Morgan fingerprint density at radius 3 is 2.46 bits per heavy atom. The Bertz CT molecular complexity index is 1200. The number of hydrogen-bond acceptors (Lipinski definition) is 4. The van der Waals surface area contributed by atoms with Crippen LogP contribution in [0.5, 0.6) is 0 Å². The summed E-state index contributed by atoms with van der Waals surface area (Å²) in [5.74, 6) is -5.71. The zero-order chi connectivity index (χ0) is 25.3. The molecule has 1 aromatic heterocycles. The first-order valence-electron chi connectivity index (χ1n) is 11.4. The van der Waals surface area contributed by atoms with Crippen molar-refractivity contribution < 1.29 is 33.1 Å². The standard InChI is InChI=1S/C24H24ClF2N3O5/c25-19-18(22(32)29-14-7-8-15(26)16(27)10-14)17-2-1-9-30(17)20(19)21(31)23(33)28-11-12-3-5-13(6-4-12)24(34)35/h7-8,10,12-13H,1-6,9,11H2,(H,28,33)(H,29,32)(H,34,35). The minimum absolute atomic E-state index is 0.0196. The first-order valence-corrected chi connectivity index (χ1v) is 11.8. The van der Waals surface area contributed by atoms with E-state index in [-0.39, 0.29) is 40.3 Å². The van der Waals surface area contributed by atoms with Gasteiger partial charge in [-0.1, -0.05) is 11.6 Å². The van der Waals surface area contributed by atoms with E-state index in [4.69, 9.17) is 16.7 Å². The van der Waals surface area contributed by atoms with Gasteiger partial charge in [0, 0.05) is 30.5 Å². The predicted octanol–water partition coefficient (Wildman–Crippen LogP) is 3.81. The van der Waals surface area contributed by atoms with Crippen LogP contribution >= 0.6 is 11.6 Å². The summed E-state index contributed by atoms with van der Waals surface area (Å²) in [7, 11) is 0. The number of nitrogens with zero attached hydrogens (tertiary/aromatic N) is 1. The highest BCUT2D eigenvalue weighted by Gasteiger charge is 2.35. The van der Waals surface area contributed by atoms with E-state index < -0.39 is 35.2 Å². The highest BCUT2D eigenvalue weighted by molar-refractivity contribution is 6.48. The van der Waals surface area contributed by atoms with Crippen molar-refractivity contribution in [3.05, 3.63) is 51.8 Å². The van der Waals surface area contributed by atoms with Crippen molar-refractivity contribution in [2.24, 2.45) is 11.8 Å². The molecule has 1 fully saturated rings. The summed E-state index contributed by atoms with van der Waals surface area (Å²) < 4.78 is 28.3. The van der Waals surface area contributed by atoms with Crippen LogP contribution in [0.15, 0.2) is 18.2 Å². The number of amides is 2. The lowest BCUT2D eigenvalue weighted by Gasteiger charge is -2.26. The second-order valence-electron chi connectivity index (χ2n) is 8.92. The molecule has 0 unspecified atom stereocenters. The van der Waals surface area contributed by atoms with Crippen LogP contribution in [0.2, 0.25) is 5.02 Å². The molecular formula is C24H24ClF2N3O5. The van der Waals surface area contributed by atoms with Crippen LogP contribution in [0.3, 0.4) is 0 Å². The van der Waals surface area contributed by atoms with Crippen LogP contribution in [0.25, 0.3) is 0 Å². The number of halogens is 3. The first-order chi connectivity index (χ1) is 16.7. The van der Waals surface area contributed by atoms with Gasteiger partial charge in [0.1, 0.15) is 5.69 Å². The van der Waals surface area contributed by atoms with Gasteiger partial charge in [-0.25, -0.2) is 8.78 Å². The molecule has 0 atom stereocenters. The van der Waals surface area contributed by atoms with Crippen LogP contribution in [-0.4, -0.2) is 39.8 Å². The minimum Gasteiger partial charge on any atom is -0.481 e. The molecule has 1 saturated carbocycles. The van der Waals surface area contributed by atoms with E-state index in [1.54, 1.807) is 4.57 Å². The van der Waals surface area contributed by atoms with Gasteiger partial charge in [0.15, 0.2) is 11.6 Å². The lowest BCUT2D eigenvalue weighted by molar-refractivity contribution is -0.143. The van der Waals surface area contributed by atoms with Gasteiger partial charge in [-0.15, -0.1) is 0 Å². The first kappa shape index (κ1) is 24.8. The fourth-order valence-electron chi connectivity index (χ4n) is 4.80. The zero-order valence-corrected chi connectivity index (χ0v) is 19.5. The van der Waals surface area contributed by atoms with Crippen molar-refractivity contribution in [3.63, 3.8) is 0 Å². The lowest BCUT2D eigenvalue weighted by Crippen LogP contribution is -2.37. The Morgan fingerprint density at radius 2 is 1.80 bits per heavy atom. The number of rotatable bonds is 7. The minimum atomic E-state index is -1.13. The molecule has 186 valence electrons. The molecule has 2 heterocycles. The number of carbonyl (C=O) groups excluding carboxylic acids is 3. The van der Waals surface area contributed by atoms with Gasteiger partial charge in [-0.2, -0.15) is 0 Å². The molecule has 2 aliphatic rings. The molecule has 2 aromatic rings. The van der Waals surface area contributed by atoms with Crippen LogP contribution < -0.4 is 10.6 Å². The van der Waals surface area contributed by atoms with Gasteiger partial charge >= 0.3 is 5.97 Å². The highest BCUT2D eigenvalue weighted by Crippen LogP contribution is 2.34. The van der Waals surface area contributed by atoms with E-state index >= 15 is 0 Å². The van der Waals surface area contributed by atoms with Crippen molar-refractivity contribution in [1.29, 1.82) is 0 Å². The second kappa shape index (κ2) is 10.2. The fourth-order valence-corrected chi connectivity index (χ4v) is 5.19. The molecule has 3 N–H and O–H groups in total. The summed E-state index contributed by atoms with van der Waals surface area (Å²) in [4.78, 5) is 49.7. The molecule has 8 nitrogen and oxygen atoms in total. The number of carboxylic acids is 1. The Kier molecular flexibility index (Phi) is 7.20. The van der Waals surface area contributed by atoms with Gasteiger partial charge < -0.3 is 20.3 Å².